The van der Waals surface area contributed by atoms with Crippen molar-refractivity contribution in [1.82, 2.24) is 9.66 Å². The maximum Gasteiger partial charge on any atom is 0.311 e. The van der Waals surface area contributed by atoms with E-state index in [4.69, 9.17) is 16.3 Å². The predicted octanol–water partition coefficient (Wildman–Crippen LogP) is 6.70. The summed E-state index contributed by atoms with van der Waals surface area (Å²) in [6.07, 6.45) is 2.13. The number of ether oxygens (including phenoxy) is 1. The van der Waals surface area contributed by atoms with E-state index in [0.717, 1.165) is 10.9 Å². The largest absolute Gasteiger partial charge is 0.481 e. The molecule has 4 aromatic rings. The summed E-state index contributed by atoms with van der Waals surface area (Å²) in [5.74, 6) is 0.474. The van der Waals surface area contributed by atoms with Crippen molar-refractivity contribution in [3.63, 3.8) is 0 Å². The summed E-state index contributed by atoms with van der Waals surface area (Å²) in [4.78, 5) is 29.3. The maximum absolute atomic E-state index is 13.4. The summed E-state index contributed by atoms with van der Waals surface area (Å²) < 4.78 is 7.87. The van der Waals surface area contributed by atoms with Gasteiger partial charge >= 0.3 is 5.69 Å². The number of rotatable bonds is 8. The van der Waals surface area contributed by atoms with E-state index in [1.54, 1.807) is 42.5 Å². The van der Waals surface area contributed by atoms with Crippen LogP contribution in [0.2, 0.25) is 5.02 Å². The monoisotopic (exact) mass is 568 g/mol. The third-order valence-corrected chi connectivity index (χ3v) is 6.61. The zero-order valence-electron chi connectivity index (χ0n) is 19.5. The van der Waals surface area contributed by atoms with Crippen LogP contribution in [0.5, 0.6) is 5.75 Å². The van der Waals surface area contributed by atoms with Gasteiger partial charge in [0.1, 0.15) is 12.4 Å². The van der Waals surface area contributed by atoms with E-state index >= 15 is 0 Å². The first-order valence-electron chi connectivity index (χ1n) is 11.2. The van der Waals surface area contributed by atoms with Crippen LogP contribution >= 0.6 is 27.5 Å². The second-order valence-electron chi connectivity index (χ2n) is 8.13. The normalized spacial score (nSPS) is 12.2. The molecule has 3 aromatic carbocycles. The number of nitro groups is 1. The zero-order chi connectivity index (χ0) is 25.8. The Morgan fingerprint density at radius 3 is 2.72 bits per heavy atom. The smallest absolute Gasteiger partial charge is 0.311 e. The fourth-order valence-corrected chi connectivity index (χ4v) is 4.16. The number of fused-ring (bicyclic) bond motifs is 1. The van der Waals surface area contributed by atoms with Gasteiger partial charge in [-0.25, -0.2) is 4.98 Å². The van der Waals surface area contributed by atoms with Crippen LogP contribution in [0, 0.1) is 10.1 Å². The molecule has 4 rings (SSSR count). The topological polar surface area (TPSA) is 99.6 Å². The van der Waals surface area contributed by atoms with Gasteiger partial charge in [0.25, 0.3) is 5.56 Å². The molecular weight excluding hydrogens is 548 g/mol. The second kappa shape index (κ2) is 11.0. The van der Waals surface area contributed by atoms with Crippen molar-refractivity contribution in [3.05, 3.63) is 108 Å². The van der Waals surface area contributed by atoms with E-state index in [-0.39, 0.29) is 29.5 Å². The van der Waals surface area contributed by atoms with E-state index in [1.165, 1.54) is 23.0 Å². The minimum Gasteiger partial charge on any atom is -0.481 e. The molecule has 1 heterocycles. The summed E-state index contributed by atoms with van der Waals surface area (Å²) in [5.41, 5.74) is 1.04. The average Bonchev–Trinajstić information content (AvgIpc) is 2.87. The van der Waals surface area contributed by atoms with E-state index in [9.17, 15) is 14.9 Å². The van der Waals surface area contributed by atoms with Gasteiger partial charge in [-0.15, -0.1) is 0 Å². The third-order valence-electron chi connectivity index (χ3n) is 5.75. The number of nitro benzene ring substituents is 1. The Bertz CT molecular complexity index is 1540. The minimum absolute atomic E-state index is 0.0228. The van der Waals surface area contributed by atoms with Gasteiger partial charge in [-0.2, -0.15) is 9.78 Å². The molecule has 0 aliphatic carbocycles. The Hall–Kier alpha value is -3.56. The molecule has 0 aliphatic rings. The molecule has 0 radical (unpaired) electrons. The van der Waals surface area contributed by atoms with Gasteiger partial charge in [-0.05, 0) is 36.8 Å². The van der Waals surface area contributed by atoms with Crippen LogP contribution in [0.15, 0.2) is 75.0 Å². The zero-order valence-corrected chi connectivity index (χ0v) is 21.9. The molecule has 0 fully saturated rings. The number of halogens is 2. The Morgan fingerprint density at radius 1 is 1.22 bits per heavy atom. The van der Waals surface area contributed by atoms with Crippen LogP contribution in [0.3, 0.4) is 0 Å². The molecule has 0 N–H and O–H groups in total. The van der Waals surface area contributed by atoms with Gasteiger partial charge in [0.2, 0.25) is 5.75 Å². The summed E-state index contributed by atoms with van der Waals surface area (Å²) in [7, 11) is 0. The molecule has 36 heavy (non-hydrogen) atoms. The number of para-hydroxylation sites is 1. The van der Waals surface area contributed by atoms with Crippen LogP contribution in [0.1, 0.15) is 43.1 Å². The van der Waals surface area contributed by atoms with E-state index < -0.39 is 4.92 Å². The fraction of sp³-hybridized carbons (Fsp3) is 0.192. The van der Waals surface area contributed by atoms with Crippen LogP contribution in [-0.4, -0.2) is 20.8 Å². The molecule has 184 valence electrons. The minimum atomic E-state index is -0.523. The second-order valence-corrected chi connectivity index (χ2v) is 9.46. The number of benzene rings is 3. The molecule has 1 atom stereocenters. The highest BCUT2D eigenvalue weighted by molar-refractivity contribution is 9.10. The van der Waals surface area contributed by atoms with Crippen LogP contribution < -0.4 is 10.3 Å². The van der Waals surface area contributed by atoms with Gasteiger partial charge in [-0.3, -0.25) is 14.9 Å². The number of nitrogens with zero attached hydrogens (tertiary/aromatic N) is 4. The lowest BCUT2D eigenvalue weighted by Crippen LogP contribution is -2.23. The van der Waals surface area contributed by atoms with Crippen molar-refractivity contribution < 1.29 is 9.66 Å². The highest BCUT2D eigenvalue weighted by atomic mass is 79.9. The molecular formula is C26H22BrClN4O4. The van der Waals surface area contributed by atoms with Gasteiger partial charge in [-0.1, -0.05) is 65.6 Å². The first-order chi connectivity index (χ1) is 17.3. The summed E-state index contributed by atoms with van der Waals surface area (Å²) in [6, 6.07) is 16.9. The van der Waals surface area contributed by atoms with Gasteiger partial charge in [0.05, 0.1) is 22.0 Å². The first-order valence-corrected chi connectivity index (χ1v) is 12.4. The van der Waals surface area contributed by atoms with Crippen molar-refractivity contribution >= 4 is 50.3 Å². The molecule has 0 saturated carbocycles. The Kier molecular flexibility index (Phi) is 7.81. The molecule has 0 unspecified atom stereocenters. The summed E-state index contributed by atoms with van der Waals surface area (Å²) >= 11 is 9.62. The van der Waals surface area contributed by atoms with Crippen molar-refractivity contribution in [1.29, 1.82) is 0 Å². The Balaban J connectivity index is 1.81. The predicted molar refractivity (Wildman–Crippen MR) is 144 cm³/mol. The van der Waals surface area contributed by atoms with Gasteiger partial charge < -0.3 is 4.74 Å². The number of aromatic nitrogens is 2. The molecule has 0 bridgehead atoms. The molecule has 0 amide bonds. The third kappa shape index (κ3) is 5.32. The average molecular weight is 570 g/mol. The van der Waals surface area contributed by atoms with Crippen molar-refractivity contribution in [2.24, 2.45) is 5.10 Å². The maximum atomic E-state index is 13.4. The molecule has 0 spiro atoms. The SMILES string of the molecule is CC[C@@H](C)c1nc2ccc(Br)cc2c(=O)n1N=Cc1cccc([N+](=O)[O-])c1OCc1ccccc1Cl. The van der Waals surface area contributed by atoms with Crippen molar-refractivity contribution in [3.8, 4) is 5.75 Å². The summed E-state index contributed by atoms with van der Waals surface area (Å²) in [6.45, 7) is 3.98. The highest BCUT2D eigenvalue weighted by Crippen LogP contribution is 2.31. The molecule has 1 aromatic heterocycles. The lowest BCUT2D eigenvalue weighted by atomic mass is 10.1. The highest BCUT2D eigenvalue weighted by Gasteiger charge is 2.20. The quantitative estimate of drug-likeness (QED) is 0.134. The number of hydrogen-bond donors (Lipinski definition) is 0. The van der Waals surface area contributed by atoms with Crippen molar-refractivity contribution in [2.75, 3.05) is 0 Å². The lowest BCUT2D eigenvalue weighted by Gasteiger charge is -2.14. The molecule has 8 nitrogen and oxygen atoms in total. The molecule has 0 aliphatic heterocycles. The van der Waals surface area contributed by atoms with Crippen molar-refractivity contribution in [2.45, 2.75) is 32.8 Å². The molecule has 0 saturated heterocycles. The number of hydrogen-bond acceptors (Lipinski definition) is 6. The van der Waals surface area contributed by atoms with Crippen LogP contribution in [0.4, 0.5) is 5.69 Å². The summed E-state index contributed by atoms with van der Waals surface area (Å²) in [5, 5.41) is 17.1. The van der Waals surface area contributed by atoms with Gasteiger partial charge in [0, 0.05) is 32.6 Å². The lowest BCUT2D eigenvalue weighted by molar-refractivity contribution is -0.385. The Morgan fingerprint density at radius 2 is 2.00 bits per heavy atom. The Labute approximate surface area is 220 Å². The van der Waals surface area contributed by atoms with Gasteiger partial charge in [0.15, 0.2) is 0 Å². The first kappa shape index (κ1) is 25.5. The van der Waals surface area contributed by atoms with E-state index in [2.05, 4.69) is 26.0 Å². The van der Waals surface area contributed by atoms with E-state index in [1.807, 2.05) is 19.9 Å². The standard InChI is InChI=1S/C26H22BrClN4O4/c1-3-16(2)25-30-22-12-11-19(27)13-20(22)26(33)31(25)29-14-17-8-6-10-23(32(34)35)24(17)36-15-18-7-4-5-9-21(18)28/h4-14,16H,3,15H2,1-2H3/t16-/m1/s1. The van der Waals surface area contributed by atoms with Crippen LogP contribution in [0.25, 0.3) is 10.9 Å². The van der Waals surface area contributed by atoms with Crippen LogP contribution in [-0.2, 0) is 6.61 Å². The fourth-order valence-electron chi connectivity index (χ4n) is 3.61. The van der Waals surface area contributed by atoms with E-state index in [0.29, 0.717) is 32.9 Å². The molecule has 10 heteroatoms.